The van der Waals surface area contributed by atoms with E-state index in [1.165, 1.54) is 25.1 Å². The fourth-order valence-electron chi connectivity index (χ4n) is 2.55. The van der Waals surface area contributed by atoms with Gasteiger partial charge in [0.05, 0.1) is 15.9 Å². The van der Waals surface area contributed by atoms with E-state index in [0.29, 0.717) is 5.92 Å². The van der Waals surface area contributed by atoms with Crippen LogP contribution in [-0.4, -0.2) is 34.3 Å². The van der Waals surface area contributed by atoms with Gasteiger partial charge in [0, 0.05) is 20.1 Å². The highest BCUT2D eigenvalue weighted by Gasteiger charge is 2.21. The number of aryl methyl sites for hydroxylation is 2. The third-order valence-corrected chi connectivity index (χ3v) is 4.60. The van der Waals surface area contributed by atoms with Crippen LogP contribution in [0.4, 0.5) is 0 Å². The second-order valence-corrected chi connectivity index (χ2v) is 5.74. The normalized spacial score (nSPS) is 20.8. The van der Waals surface area contributed by atoms with Gasteiger partial charge in [-0.1, -0.05) is 0 Å². The Hall–Kier alpha value is -0.100. The molecule has 0 aliphatic carbocycles. The van der Waals surface area contributed by atoms with Crippen LogP contribution in [0, 0.1) is 12.8 Å². The molecule has 0 bridgehead atoms. The molecular formula is C12H22BrClN4. The molecule has 1 atom stereocenters. The summed E-state index contributed by atoms with van der Waals surface area (Å²) in [4.78, 5) is 2.49. The molecule has 1 saturated heterocycles. The van der Waals surface area contributed by atoms with E-state index in [-0.39, 0.29) is 12.4 Å². The Kier molecular flexibility index (Phi) is 6.11. The topological polar surface area (TPSA) is 47.1 Å². The van der Waals surface area contributed by atoms with Crippen molar-refractivity contribution < 1.29 is 0 Å². The maximum atomic E-state index is 5.77. The molecule has 1 aromatic rings. The SMILES string of the molecule is Cc1nn(C)c(CN2CCCC(CN)C2)c1Br.Cl. The van der Waals surface area contributed by atoms with Gasteiger partial charge in [0.1, 0.15) is 0 Å². The summed E-state index contributed by atoms with van der Waals surface area (Å²) >= 11 is 3.63. The van der Waals surface area contributed by atoms with Crippen LogP contribution in [0.15, 0.2) is 4.47 Å². The number of halogens is 2. The molecule has 0 amide bonds. The number of nitrogens with two attached hydrogens (primary N) is 1. The van der Waals surface area contributed by atoms with Crippen molar-refractivity contribution in [3.8, 4) is 0 Å². The first-order valence-corrected chi connectivity index (χ1v) is 7.01. The molecule has 1 aliphatic rings. The lowest BCUT2D eigenvalue weighted by atomic mass is 9.98. The Morgan fingerprint density at radius 2 is 2.22 bits per heavy atom. The van der Waals surface area contributed by atoms with E-state index >= 15 is 0 Å². The minimum absolute atomic E-state index is 0. The van der Waals surface area contributed by atoms with Gasteiger partial charge in [-0.3, -0.25) is 9.58 Å². The van der Waals surface area contributed by atoms with E-state index in [2.05, 4.69) is 25.9 Å². The molecule has 0 saturated carbocycles. The average molecular weight is 338 g/mol. The van der Waals surface area contributed by atoms with Crippen LogP contribution < -0.4 is 5.73 Å². The Bertz CT molecular complexity index is 394. The van der Waals surface area contributed by atoms with Gasteiger partial charge in [-0.15, -0.1) is 12.4 Å². The summed E-state index contributed by atoms with van der Waals surface area (Å²) in [7, 11) is 2.01. The minimum atomic E-state index is 0. The molecular weight excluding hydrogens is 316 g/mol. The first-order valence-electron chi connectivity index (χ1n) is 6.22. The second-order valence-electron chi connectivity index (χ2n) is 4.95. The molecule has 0 spiro atoms. The van der Waals surface area contributed by atoms with Crippen LogP contribution in [0.5, 0.6) is 0 Å². The summed E-state index contributed by atoms with van der Waals surface area (Å²) in [5, 5.41) is 4.43. The van der Waals surface area contributed by atoms with Gasteiger partial charge >= 0.3 is 0 Å². The Labute approximate surface area is 123 Å². The number of hydrogen-bond acceptors (Lipinski definition) is 3. The van der Waals surface area contributed by atoms with E-state index in [1.54, 1.807) is 0 Å². The summed E-state index contributed by atoms with van der Waals surface area (Å²) in [5.41, 5.74) is 8.10. The molecule has 1 aliphatic heterocycles. The highest BCUT2D eigenvalue weighted by atomic mass is 79.9. The van der Waals surface area contributed by atoms with E-state index < -0.39 is 0 Å². The van der Waals surface area contributed by atoms with E-state index in [0.717, 1.165) is 29.8 Å². The lowest BCUT2D eigenvalue weighted by molar-refractivity contribution is 0.167. The maximum Gasteiger partial charge on any atom is 0.0739 e. The molecule has 2 heterocycles. The summed E-state index contributed by atoms with van der Waals surface area (Å²) in [6.07, 6.45) is 2.54. The van der Waals surface area contributed by atoms with Gasteiger partial charge in [0.25, 0.3) is 0 Å². The first kappa shape index (κ1) is 16.0. The first-order chi connectivity index (χ1) is 8.11. The van der Waals surface area contributed by atoms with Crippen molar-refractivity contribution in [2.45, 2.75) is 26.3 Å². The standard InChI is InChI=1S/C12H21BrN4.ClH/c1-9-12(13)11(16(2)15-9)8-17-5-3-4-10(6-14)7-17;/h10H,3-8,14H2,1-2H3;1H. The van der Waals surface area contributed by atoms with Crippen molar-refractivity contribution in [3.63, 3.8) is 0 Å². The number of hydrogen-bond donors (Lipinski definition) is 1. The van der Waals surface area contributed by atoms with E-state index in [1.807, 2.05) is 18.7 Å². The van der Waals surface area contributed by atoms with Crippen molar-refractivity contribution >= 4 is 28.3 Å². The average Bonchev–Trinajstić information content (AvgIpc) is 2.56. The smallest absolute Gasteiger partial charge is 0.0739 e. The maximum absolute atomic E-state index is 5.77. The van der Waals surface area contributed by atoms with Crippen LogP contribution in [0.2, 0.25) is 0 Å². The molecule has 104 valence electrons. The fourth-order valence-corrected chi connectivity index (χ4v) is 3.01. The predicted octanol–water partition coefficient (Wildman–Crippen LogP) is 2.08. The van der Waals surface area contributed by atoms with Crippen molar-refractivity contribution in [2.24, 2.45) is 18.7 Å². The van der Waals surface area contributed by atoms with Crippen LogP contribution >= 0.6 is 28.3 Å². The molecule has 2 rings (SSSR count). The monoisotopic (exact) mass is 336 g/mol. The van der Waals surface area contributed by atoms with Crippen molar-refractivity contribution in [3.05, 3.63) is 15.9 Å². The van der Waals surface area contributed by atoms with Crippen LogP contribution in [0.3, 0.4) is 0 Å². The minimum Gasteiger partial charge on any atom is -0.330 e. The number of likely N-dealkylation sites (tertiary alicyclic amines) is 1. The summed E-state index contributed by atoms with van der Waals surface area (Å²) in [6.45, 7) is 6.10. The zero-order valence-corrected chi connectivity index (χ0v) is 13.4. The molecule has 1 unspecified atom stereocenters. The van der Waals surface area contributed by atoms with Gasteiger partial charge < -0.3 is 5.73 Å². The molecule has 18 heavy (non-hydrogen) atoms. The van der Waals surface area contributed by atoms with Crippen molar-refractivity contribution in [2.75, 3.05) is 19.6 Å². The molecule has 4 nitrogen and oxygen atoms in total. The Morgan fingerprint density at radius 3 is 2.78 bits per heavy atom. The number of nitrogens with zero attached hydrogens (tertiary/aromatic N) is 3. The fraction of sp³-hybridized carbons (Fsp3) is 0.750. The highest BCUT2D eigenvalue weighted by Crippen LogP contribution is 2.24. The third kappa shape index (κ3) is 3.47. The van der Waals surface area contributed by atoms with Crippen LogP contribution in [-0.2, 0) is 13.6 Å². The lowest BCUT2D eigenvalue weighted by Crippen LogP contribution is -2.38. The lowest BCUT2D eigenvalue weighted by Gasteiger charge is -2.32. The Morgan fingerprint density at radius 1 is 1.50 bits per heavy atom. The van der Waals surface area contributed by atoms with Crippen molar-refractivity contribution in [1.29, 1.82) is 0 Å². The van der Waals surface area contributed by atoms with Crippen LogP contribution in [0.1, 0.15) is 24.2 Å². The van der Waals surface area contributed by atoms with E-state index in [4.69, 9.17) is 5.73 Å². The molecule has 1 aromatic heterocycles. The molecule has 0 radical (unpaired) electrons. The quantitative estimate of drug-likeness (QED) is 0.918. The molecule has 6 heteroatoms. The predicted molar refractivity (Wildman–Crippen MR) is 79.9 cm³/mol. The van der Waals surface area contributed by atoms with Gasteiger partial charge in [-0.25, -0.2) is 0 Å². The van der Waals surface area contributed by atoms with E-state index in [9.17, 15) is 0 Å². The Balaban J connectivity index is 0.00000162. The molecule has 1 fully saturated rings. The van der Waals surface area contributed by atoms with Gasteiger partial charge in [-0.2, -0.15) is 5.10 Å². The zero-order chi connectivity index (χ0) is 12.4. The highest BCUT2D eigenvalue weighted by molar-refractivity contribution is 9.10. The second kappa shape index (κ2) is 6.89. The number of piperidine rings is 1. The molecule has 0 aromatic carbocycles. The number of aromatic nitrogens is 2. The van der Waals surface area contributed by atoms with Gasteiger partial charge in [0.2, 0.25) is 0 Å². The van der Waals surface area contributed by atoms with Gasteiger partial charge in [0.15, 0.2) is 0 Å². The molecule has 2 N–H and O–H groups in total. The third-order valence-electron chi connectivity index (χ3n) is 3.57. The number of rotatable bonds is 3. The summed E-state index contributed by atoms with van der Waals surface area (Å²) < 4.78 is 3.13. The summed E-state index contributed by atoms with van der Waals surface area (Å²) in [6, 6.07) is 0. The van der Waals surface area contributed by atoms with Crippen molar-refractivity contribution in [1.82, 2.24) is 14.7 Å². The largest absolute Gasteiger partial charge is 0.330 e. The summed E-state index contributed by atoms with van der Waals surface area (Å²) in [5.74, 6) is 0.664. The zero-order valence-electron chi connectivity index (χ0n) is 11.0. The van der Waals surface area contributed by atoms with Crippen LogP contribution in [0.25, 0.3) is 0 Å². The van der Waals surface area contributed by atoms with Gasteiger partial charge in [-0.05, 0) is 54.7 Å².